The summed E-state index contributed by atoms with van der Waals surface area (Å²) in [5.74, 6) is 1.87. The fraction of sp³-hybridized carbons (Fsp3) is 0.833. The molecule has 0 spiro atoms. The highest BCUT2D eigenvalue weighted by molar-refractivity contribution is 5.85. The van der Waals surface area contributed by atoms with E-state index in [0.29, 0.717) is 0 Å². The van der Waals surface area contributed by atoms with E-state index in [1.165, 1.54) is 0 Å². The van der Waals surface area contributed by atoms with E-state index in [4.69, 9.17) is 0 Å². The van der Waals surface area contributed by atoms with Gasteiger partial charge in [-0.2, -0.15) is 5.10 Å². The van der Waals surface area contributed by atoms with Gasteiger partial charge < -0.3 is 0 Å². The van der Waals surface area contributed by atoms with Crippen LogP contribution >= 0.6 is 24.8 Å². The molecule has 114 valence electrons. The molecule has 0 bridgehead atoms. The molecule has 0 aliphatic rings. The fourth-order valence-electron chi connectivity index (χ4n) is 1.78. The molecule has 19 heavy (non-hydrogen) atoms. The molecule has 0 amide bonds. The highest BCUT2D eigenvalue weighted by Crippen LogP contribution is 2.02. The zero-order chi connectivity index (χ0) is 12.7. The maximum atomic E-state index is 4.53. The standard InChI is InChI=1S/C12H25N5.2ClH/c1-5-16(6-2)9-11-13-12(15-14-11)10-17(7-3)8-4;;/h5-10H2,1-4H3,(H,13,14,15);2*1H. The highest BCUT2D eigenvalue weighted by Gasteiger charge is 2.09. The van der Waals surface area contributed by atoms with Crippen molar-refractivity contribution in [3.05, 3.63) is 11.6 Å². The second kappa shape index (κ2) is 11.5. The quantitative estimate of drug-likeness (QED) is 0.800. The first-order valence-corrected chi connectivity index (χ1v) is 6.58. The first-order valence-electron chi connectivity index (χ1n) is 6.58. The largest absolute Gasteiger partial charge is 0.297 e. The number of hydrogen-bond donors (Lipinski definition) is 1. The zero-order valence-corrected chi connectivity index (χ0v) is 14.0. The Morgan fingerprint density at radius 3 is 1.79 bits per heavy atom. The number of halogens is 2. The Morgan fingerprint density at radius 2 is 1.32 bits per heavy atom. The van der Waals surface area contributed by atoms with Crippen LogP contribution in [-0.2, 0) is 13.1 Å². The Kier molecular flexibility index (Phi) is 12.6. The predicted octanol–water partition coefficient (Wildman–Crippen LogP) is 2.33. The molecule has 0 saturated heterocycles. The van der Waals surface area contributed by atoms with E-state index < -0.39 is 0 Å². The molecule has 0 atom stereocenters. The number of hydrogen-bond acceptors (Lipinski definition) is 4. The van der Waals surface area contributed by atoms with Crippen LogP contribution < -0.4 is 0 Å². The normalized spacial score (nSPS) is 10.4. The summed E-state index contributed by atoms with van der Waals surface area (Å²) in [6.07, 6.45) is 0. The molecule has 0 fully saturated rings. The summed E-state index contributed by atoms with van der Waals surface area (Å²) in [5.41, 5.74) is 0. The third kappa shape index (κ3) is 7.11. The Morgan fingerprint density at radius 1 is 0.842 bits per heavy atom. The van der Waals surface area contributed by atoms with Crippen LogP contribution in [0.2, 0.25) is 0 Å². The van der Waals surface area contributed by atoms with Gasteiger partial charge in [-0.05, 0) is 26.2 Å². The molecule has 0 unspecified atom stereocenters. The van der Waals surface area contributed by atoms with E-state index in [2.05, 4.69) is 52.7 Å². The second-order valence-corrected chi connectivity index (χ2v) is 4.12. The summed E-state index contributed by atoms with van der Waals surface area (Å²) in [4.78, 5) is 9.16. The minimum atomic E-state index is 0. The van der Waals surface area contributed by atoms with Crippen molar-refractivity contribution in [2.24, 2.45) is 0 Å². The average Bonchev–Trinajstić information content (AvgIpc) is 2.80. The van der Waals surface area contributed by atoms with Gasteiger partial charge >= 0.3 is 0 Å². The third-order valence-corrected chi connectivity index (χ3v) is 3.11. The maximum absolute atomic E-state index is 4.53. The van der Waals surface area contributed by atoms with Crippen LogP contribution in [0.3, 0.4) is 0 Å². The lowest BCUT2D eigenvalue weighted by atomic mass is 10.4. The average molecular weight is 312 g/mol. The molecule has 0 aliphatic heterocycles. The van der Waals surface area contributed by atoms with Crippen molar-refractivity contribution in [2.75, 3.05) is 26.2 Å². The van der Waals surface area contributed by atoms with Crippen molar-refractivity contribution < 1.29 is 0 Å². The Balaban J connectivity index is 0. The van der Waals surface area contributed by atoms with Crippen molar-refractivity contribution in [2.45, 2.75) is 40.8 Å². The van der Waals surface area contributed by atoms with Crippen molar-refractivity contribution in [3.8, 4) is 0 Å². The van der Waals surface area contributed by atoms with Crippen LogP contribution in [0.1, 0.15) is 39.3 Å². The van der Waals surface area contributed by atoms with Gasteiger partial charge in [-0.15, -0.1) is 24.8 Å². The Labute approximate surface area is 129 Å². The van der Waals surface area contributed by atoms with E-state index in [1.54, 1.807) is 0 Å². The summed E-state index contributed by atoms with van der Waals surface area (Å²) < 4.78 is 0. The fourth-order valence-corrected chi connectivity index (χ4v) is 1.78. The third-order valence-electron chi connectivity index (χ3n) is 3.11. The van der Waals surface area contributed by atoms with E-state index >= 15 is 0 Å². The zero-order valence-electron chi connectivity index (χ0n) is 12.3. The van der Waals surface area contributed by atoms with E-state index in [0.717, 1.165) is 50.9 Å². The molecule has 1 rings (SSSR count). The number of nitrogens with zero attached hydrogens (tertiary/aromatic N) is 4. The molecule has 5 nitrogen and oxygen atoms in total. The SMILES string of the molecule is CCN(CC)Cc1n[nH]c(CN(CC)CC)n1.Cl.Cl. The first-order chi connectivity index (χ1) is 8.23. The van der Waals surface area contributed by atoms with Gasteiger partial charge in [-0.3, -0.25) is 14.9 Å². The summed E-state index contributed by atoms with van der Waals surface area (Å²) in [5, 5.41) is 7.30. The van der Waals surface area contributed by atoms with E-state index in [1.807, 2.05) is 0 Å². The Hall–Kier alpha value is -0.360. The summed E-state index contributed by atoms with van der Waals surface area (Å²) in [6, 6.07) is 0. The van der Waals surface area contributed by atoms with E-state index in [9.17, 15) is 0 Å². The number of rotatable bonds is 8. The van der Waals surface area contributed by atoms with Gasteiger partial charge in [0.2, 0.25) is 0 Å². The molecule has 1 aromatic heterocycles. The van der Waals surface area contributed by atoms with Crippen LogP contribution in [0, 0.1) is 0 Å². The molecule has 0 saturated carbocycles. The lowest BCUT2D eigenvalue weighted by Crippen LogP contribution is -2.23. The van der Waals surface area contributed by atoms with Gasteiger partial charge in [0, 0.05) is 0 Å². The summed E-state index contributed by atoms with van der Waals surface area (Å²) >= 11 is 0. The monoisotopic (exact) mass is 311 g/mol. The molecule has 0 aromatic carbocycles. The van der Waals surface area contributed by atoms with Gasteiger partial charge in [-0.25, -0.2) is 4.98 Å². The number of H-pyrrole nitrogens is 1. The van der Waals surface area contributed by atoms with Crippen LogP contribution in [-0.4, -0.2) is 51.2 Å². The van der Waals surface area contributed by atoms with Crippen molar-refractivity contribution in [1.82, 2.24) is 25.0 Å². The molecular formula is C12H27Cl2N5. The van der Waals surface area contributed by atoms with Gasteiger partial charge in [0.1, 0.15) is 5.82 Å². The Bertz CT molecular complexity index is 282. The molecule has 0 aliphatic carbocycles. The number of aromatic amines is 1. The van der Waals surface area contributed by atoms with Crippen LogP contribution in [0.25, 0.3) is 0 Å². The van der Waals surface area contributed by atoms with Crippen LogP contribution in [0.4, 0.5) is 0 Å². The lowest BCUT2D eigenvalue weighted by molar-refractivity contribution is 0.284. The van der Waals surface area contributed by atoms with Crippen molar-refractivity contribution >= 4 is 24.8 Å². The number of aromatic nitrogens is 3. The van der Waals surface area contributed by atoms with Crippen LogP contribution in [0.15, 0.2) is 0 Å². The van der Waals surface area contributed by atoms with Crippen molar-refractivity contribution in [1.29, 1.82) is 0 Å². The molecule has 0 radical (unpaired) electrons. The smallest absolute Gasteiger partial charge is 0.164 e. The molecule has 1 N–H and O–H groups in total. The van der Waals surface area contributed by atoms with Crippen molar-refractivity contribution in [3.63, 3.8) is 0 Å². The predicted molar refractivity (Wildman–Crippen MR) is 84.1 cm³/mol. The van der Waals surface area contributed by atoms with Gasteiger partial charge in [0.25, 0.3) is 0 Å². The summed E-state index contributed by atoms with van der Waals surface area (Å²) in [7, 11) is 0. The second-order valence-electron chi connectivity index (χ2n) is 4.12. The minimum absolute atomic E-state index is 0. The highest BCUT2D eigenvalue weighted by atomic mass is 35.5. The topological polar surface area (TPSA) is 48.1 Å². The lowest BCUT2D eigenvalue weighted by Gasteiger charge is -2.16. The maximum Gasteiger partial charge on any atom is 0.164 e. The first kappa shape index (κ1) is 20.9. The van der Waals surface area contributed by atoms with Crippen LogP contribution in [0.5, 0.6) is 0 Å². The molecular weight excluding hydrogens is 285 g/mol. The molecule has 7 heteroatoms. The van der Waals surface area contributed by atoms with E-state index in [-0.39, 0.29) is 24.8 Å². The van der Waals surface area contributed by atoms with Gasteiger partial charge in [0.15, 0.2) is 5.82 Å². The summed E-state index contributed by atoms with van der Waals surface area (Å²) in [6.45, 7) is 14.5. The minimum Gasteiger partial charge on any atom is -0.297 e. The van der Waals surface area contributed by atoms with Gasteiger partial charge in [0.05, 0.1) is 13.1 Å². The molecule has 1 aromatic rings. The van der Waals surface area contributed by atoms with Gasteiger partial charge in [-0.1, -0.05) is 27.7 Å². The molecule has 1 heterocycles. The number of nitrogens with one attached hydrogen (secondary N) is 1.